The average molecular weight is 360 g/mol. The van der Waals surface area contributed by atoms with Gasteiger partial charge in [0.15, 0.2) is 0 Å². The maximum absolute atomic E-state index is 6.59. The van der Waals surface area contributed by atoms with Gasteiger partial charge in [-0.05, 0) is 47.1 Å². The largest absolute Gasteiger partial charge is 0.544 e. The molecule has 0 saturated carbocycles. The van der Waals surface area contributed by atoms with Crippen molar-refractivity contribution in [2.45, 2.75) is 72.0 Å². The van der Waals surface area contributed by atoms with Gasteiger partial charge in [0.1, 0.15) is 5.75 Å². The Labute approximate surface area is 155 Å². The van der Waals surface area contributed by atoms with Crippen molar-refractivity contribution in [2.24, 2.45) is 0 Å². The van der Waals surface area contributed by atoms with Crippen LogP contribution >= 0.6 is 0 Å². The van der Waals surface area contributed by atoms with Crippen molar-refractivity contribution in [3.05, 3.63) is 23.3 Å². The SMILES string of the molecule is CC(C)(C)c1cc(B2OBOBO2)cc(C(C)(C)C)c1O[Si](C)(C)C. The number of hydrogen-bond acceptors (Lipinski definition) is 4. The van der Waals surface area contributed by atoms with Gasteiger partial charge in [0, 0.05) is 0 Å². The molecule has 2 rings (SSSR count). The first-order valence-electron chi connectivity index (χ1n) is 8.98. The lowest BCUT2D eigenvalue weighted by Gasteiger charge is -2.34. The van der Waals surface area contributed by atoms with Crippen LogP contribution in [0.1, 0.15) is 52.7 Å². The fourth-order valence-corrected chi connectivity index (χ4v) is 3.64. The second kappa shape index (κ2) is 7.14. The van der Waals surface area contributed by atoms with Crippen molar-refractivity contribution in [1.82, 2.24) is 0 Å². The zero-order chi connectivity index (χ0) is 19.0. The van der Waals surface area contributed by atoms with Gasteiger partial charge < -0.3 is 18.1 Å². The van der Waals surface area contributed by atoms with Crippen molar-refractivity contribution in [3.63, 3.8) is 0 Å². The van der Waals surface area contributed by atoms with E-state index < -0.39 is 15.4 Å². The highest BCUT2D eigenvalue weighted by molar-refractivity contribution is 6.72. The predicted octanol–water partition coefficient (Wildman–Crippen LogP) is 2.79. The highest BCUT2D eigenvalue weighted by Gasteiger charge is 2.34. The lowest BCUT2D eigenvalue weighted by Crippen LogP contribution is -2.45. The molecule has 1 aromatic rings. The fourth-order valence-electron chi connectivity index (χ4n) is 2.81. The molecule has 8 heteroatoms. The minimum atomic E-state index is -1.76. The van der Waals surface area contributed by atoms with Crippen molar-refractivity contribution in [2.75, 3.05) is 0 Å². The Morgan fingerprint density at radius 3 is 1.68 bits per heavy atom. The number of hydrogen-bond donors (Lipinski definition) is 0. The summed E-state index contributed by atoms with van der Waals surface area (Å²) in [6, 6.07) is 4.36. The van der Waals surface area contributed by atoms with Gasteiger partial charge in [-0.25, -0.2) is 0 Å². The zero-order valence-electron chi connectivity index (χ0n) is 17.3. The van der Waals surface area contributed by atoms with Crippen molar-refractivity contribution in [3.8, 4) is 5.75 Å². The standard InChI is InChI=1S/C17H31B3O4Si/c1-16(2,3)13-10-12(20-23-18-22-19-24-20)11-14(17(4,5)6)15(13)21-25(7,8)9/h10-11,18-19H,1-9H3. The molecule has 1 aromatic carbocycles. The molecule has 1 fully saturated rings. The van der Waals surface area contributed by atoms with Gasteiger partial charge in [-0.2, -0.15) is 0 Å². The van der Waals surface area contributed by atoms with Crippen LogP contribution < -0.4 is 9.89 Å². The quantitative estimate of drug-likeness (QED) is 0.778. The molecule has 0 spiro atoms. The topological polar surface area (TPSA) is 36.9 Å². The van der Waals surface area contributed by atoms with Crippen LogP contribution in [0, 0.1) is 0 Å². The van der Waals surface area contributed by atoms with E-state index in [-0.39, 0.29) is 26.2 Å². The Morgan fingerprint density at radius 2 is 1.32 bits per heavy atom. The van der Waals surface area contributed by atoms with E-state index in [1.54, 1.807) is 0 Å². The van der Waals surface area contributed by atoms with Crippen LogP contribution in [0.3, 0.4) is 0 Å². The van der Waals surface area contributed by atoms with Crippen LogP contribution in [0.5, 0.6) is 5.75 Å². The van der Waals surface area contributed by atoms with Gasteiger partial charge in [0.05, 0.1) is 0 Å². The predicted molar refractivity (Wildman–Crippen MR) is 111 cm³/mol. The average Bonchev–Trinajstić information content (AvgIpc) is 2.44. The minimum absolute atomic E-state index is 0.0455. The summed E-state index contributed by atoms with van der Waals surface area (Å²) in [7, 11) is -1.63. The first-order chi connectivity index (χ1) is 11.3. The number of benzene rings is 1. The molecule has 0 bridgehead atoms. The molecule has 0 aromatic heterocycles. The smallest absolute Gasteiger partial charge is 0.466 e. The van der Waals surface area contributed by atoms with E-state index in [4.69, 9.17) is 18.1 Å². The van der Waals surface area contributed by atoms with E-state index in [1.165, 1.54) is 11.1 Å². The van der Waals surface area contributed by atoms with Gasteiger partial charge in [0.2, 0.25) is 8.32 Å². The summed E-state index contributed by atoms with van der Waals surface area (Å²) in [4.78, 5) is 0. The second-order valence-corrected chi connectivity index (χ2v) is 14.2. The summed E-state index contributed by atoms with van der Waals surface area (Å²) in [5.41, 5.74) is 3.35. The molecule has 0 atom stereocenters. The molecule has 1 heterocycles. The summed E-state index contributed by atoms with van der Waals surface area (Å²) in [5, 5.41) is 0. The monoisotopic (exact) mass is 360 g/mol. The van der Waals surface area contributed by atoms with E-state index in [9.17, 15) is 0 Å². The van der Waals surface area contributed by atoms with Gasteiger partial charge >= 0.3 is 22.5 Å². The molecule has 0 N–H and O–H groups in total. The Bertz CT molecular complexity index is 577. The molecule has 0 unspecified atom stereocenters. The zero-order valence-corrected chi connectivity index (χ0v) is 18.3. The number of rotatable bonds is 3. The van der Waals surface area contributed by atoms with Crippen molar-refractivity contribution < 1.29 is 18.1 Å². The highest BCUT2D eigenvalue weighted by Crippen LogP contribution is 2.40. The lowest BCUT2D eigenvalue weighted by molar-refractivity contribution is 0.333. The van der Waals surface area contributed by atoms with E-state index in [2.05, 4.69) is 73.3 Å². The van der Waals surface area contributed by atoms with Crippen LogP contribution in [-0.2, 0) is 24.5 Å². The summed E-state index contributed by atoms with van der Waals surface area (Å²) < 4.78 is 23.1. The minimum Gasteiger partial charge on any atom is -0.544 e. The second-order valence-electron chi connectivity index (χ2n) is 9.76. The van der Waals surface area contributed by atoms with Crippen molar-refractivity contribution in [1.29, 1.82) is 0 Å². The molecule has 25 heavy (non-hydrogen) atoms. The van der Waals surface area contributed by atoms with Crippen LogP contribution in [-0.4, -0.2) is 30.8 Å². The molecule has 1 aliphatic rings. The third-order valence-electron chi connectivity index (χ3n) is 4.01. The van der Waals surface area contributed by atoms with Gasteiger partial charge in [0.25, 0.3) is 0 Å². The van der Waals surface area contributed by atoms with Crippen LogP contribution in [0.2, 0.25) is 19.6 Å². The van der Waals surface area contributed by atoms with E-state index in [1.807, 2.05) is 0 Å². The Morgan fingerprint density at radius 1 is 0.880 bits per heavy atom. The maximum atomic E-state index is 6.59. The molecule has 0 amide bonds. The summed E-state index contributed by atoms with van der Waals surface area (Å²) in [6.45, 7) is 20.0. The molecule has 0 radical (unpaired) electrons. The summed E-state index contributed by atoms with van der Waals surface area (Å²) >= 11 is 0. The Balaban J connectivity index is 2.67. The highest BCUT2D eigenvalue weighted by atomic mass is 28.4. The summed E-state index contributed by atoms with van der Waals surface area (Å²) in [6.07, 6.45) is 0. The van der Waals surface area contributed by atoms with E-state index in [0.717, 1.165) is 11.2 Å². The Hall–Kier alpha value is -0.688. The van der Waals surface area contributed by atoms with E-state index >= 15 is 0 Å². The normalized spacial score (nSPS) is 16.3. The summed E-state index contributed by atoms with van der Waals surface area (Å²) in [5.74, 6) is 1.04. The maximum Gasteiger partial charge on any atom is 0.466 e. The molecular weight excluding hydrogens is 329 g/mol. The Kier molecular flexibility index (Phi) is 5.89. The first kappa shape index (κ1) is 20.6. The third-order valence-corrected chi connectivity index (χ3v) is 4.83. The third kappa shape index (κ3) is 5.39. The molecule has 0 aliphatic carbocycles. The van der Waals surface area contributed by atoms with Crippen LogP contribution in [0.4, 0.5) is 0 Å². The van der Waals surface area contributed by atoms with Crippen LogP contribution in [0.15, 0.2) is 12.1 Å². The van der Waals surface area contributed by atoms with Crippen molar-refractivity contribution >= 4 is 36.3 Å². The first-order valence-corrected chi connectivity index (χ1v) is 12.4. The molecule has 1 aliphatic heterocycles. The van der Waals surface area contributed by atoms with Gasteiger partial charge in [-0.3, -0.25) is 0 Å². The molecular formula is C17H31B3O4Si. The van der Waals surface area contributed by atoms with Crippen LogP contribution in [0.25, 0.3) is 0 Å². The molecule has 4 nitrogen and oxygen atoms in total. The fraction of sp³-hybridized carbons (Fsp3) is 0.647. The van der Waals surface area contributed by atoms with E-state index in [0.29, 0.717) is 0 Å². The molecule has 1 saturated heterocycles. The van der Waals surface area contributed by atoms with Gasteiger partial charge in [-0.15, -0.1) is 0 Å². The lowest BCUT2D eigenvalue weighted by atomic mass is 9.69. The van der Waals surface area contributed by atoms with Gasteiger partial charge in [-0.1, -0.05) is 53.7 Å². The molecule has 136 valence electrons.